The van der Waals surface area contributed by atoms with Crippen LogP contribution in [0.15, 0.2) is 47.4 Å². The van der Waals surface area contributed by atoms with Crippen molar-refractivity contribution in [3.8, 4) is 0 Å². The van der Waals surface area contributed by atoms with Crippen molar-refractivity contribution in [3.05, 3.63) is 42.5 Å². The third-order valence-electron chi connectivity index (χ3n) is 6.30. The summed E-state index contributed by atoms with van der Waals surface area (Å²) < 4.78 is 28.9. The molecule has 0 bridgehead atoms. The molecule has 2 atom stereocenters. The standard InChI is InChI=1S/C21H24N2O3S/c24-21(16-10-11-16)22-13-17-7-4-12-23(19(17)14-22)27(25,26)20-9-3-6-15-5-1-2-8-18(15)20/h1-3,5-6,8-9,16-17,19H,4,7,10-14H2/t17-,19+/m1/s1. The van der Waals surface area contributed by atoms with Gasteiger partial charge >= 0.3 is 0 Å². The number of sulfonamides is 1. The SMILES string of the molecule is O=C(C1CC1)N1C[C@H]2CCCN(S(=O)(=O)c3cccc4ccccc34)[C@H]2C1. The molecule has 0 N–H and O–H groups in total. The predicted octanol–water partition coefficient (Wildman–Crippen LogP) is 2.86. The molecule has 0 aromatic heterocycles. The van der Waals surface area contributed by atoms with E-state index in [9.17, 15) is 13.2 Å². The minimum Gasteiger partial charge on any atom is -0.340 e. The van der Waals surface area contributed by atoms with Gasteiger partial charge in [-0.2, -0.15) is 4.31 Å². The zero-order chi connectivity index (χ0) is 18.6. The Kier molecular flexibility index (Phi) is 4.02. The van der Waals surface area contributed by atoms with Gasteiger partial charge in [-0.25, -0.2) is 8.42 Å². The number of piperidine rings is 1. The average Bonchev–Trinajstić information content (AvgIpc) is 3.44. The molecular weight excluding hydrogens is 360 g/mol. The molecule has 1 aliphatic carbocycles. The third-order valence-corrected chi connectivity index (χ3v) is 8.29. The number of benzene rings is 2. The Bertz CT molecular complexity index is 994. The summed E-state index contributed by atoms with van der Waals surface area (Å²) in [6.45, 7) is 1.80. The molecule has 1 saturated carbocycles. The van der Waals surface area contributed by atoms with E-state index in [1.165, 1.54) is 0 Å². The second kappa shape index (κ2) is 6.31. The zero-order valence-corrected chi connectivity index (χ0v) is 16.1. The molecule has 6 heteroatoms. The van der Waals surface area contributed by atoms with Crippen LogP contribution in [-0.2, 0) is 14.8 Å². The van der Waals surface area contributed by atoms with Crippen LogP contribution in [0, 0.1) is 11.8 Å². The highest BCUT2D eigenvalue weighted by atomic mass is 32.2. The first-order chi connectivity index (χ1) is 13.1. The lowest BCUT2D eigenvalue weighted by atomic mass is 9.94. The molecule has 2 aromatic rings. The first-order valence-corrected chi connectivity index (χ1v) is 11.3. The number of hydrogen-bond acceptors (Lipinski definition) is 3. The average molecular weight is 385 g/mol. The highest BCUT2D eigenvalue weighted by Crippen LogP contribution is 2.38. The molecule has 5 rings (SSSR count). The van der Waals surface area contributed by atoms with E-state index in [2.05, 4.69) is 0 Å². The Balaban J connectivity index is 1.50. The maximum Gasteiger partial charge on any atom is 0.244 e. The Morgan fingerprint density at radius 3 is 2.56 bits per heavy atom. The van der Waals surface area contributed by atoms with Crippen LogP contribution in [0.4, 0.5) is 0 Å². The van der Waals surface area contributed by atoms with Crippen molar-refractivity contribution in [2.45, 2.75) is 36.6 Å². The molecule has 3 fully saturated rings. The summed E-state index contributed by atoms with van der Waals surface area (Å²) in [7, 11) is -3.60. The summed E-state index contributed by atoms with van der Waals surface area (Å²) in [6, 6.07) is 13.0. The lowest BCUT2D eigenvalue weighted by Gasteiger charge is -2.35. The van der Waals surface area contributed by atoms with E-state index in [1.54, 1.807) is 10.4 Å². The van der Waals surface area contributed by atoms with Gasteiger partial charge in [0.05, 0.1) is 4.90 Å². The normalized spacial score (nSPS) is 26.3. The fraction of sp³-hybridized carbons (Fsp3) is 0.476. The van der Waals surface area contributed by atoms with Crippen molar-refractivity contribution in [1.82, 2.24) is 9.21 Å². The smallest absolute Gasteiger partial charge is 0.244 e. The van der Waals surface area contributed by atoms with Gasteiger partial charge in [0.15, 0.2) is 0 Å². The number of carbonyl (C=O) groups excluding carboxylic acids is 1. The fourth-order valence-corrected chi connectivity index (χ4v) is 6.68. The summed E-state index contributed by atoms with van der Waals surface area (Å²) in [4.78, 5) is 14.8. The van der Waals surface area contributed by atoms with Crippen molar-refractivity contribution in [3.63, 3.8) is 0 Å². The van der Waals surface area contributed by atoms with E-state index >= 15 is 0 Å². The van der Waals surface area contributed by atoms with Crippen LogP contribution < -0.4 is 0 Å². The first-order valence-electron chi connectivity index (χ1n) is 9.84. The summed E-state index contributed by atoms with van der Waals surface area (Å²) >= 11 is 0. The maximum absolute atomic E-state index is 13.6. The molecule has 1 amide bonds. The van der Waals surface area contributed by atoms with E-state index < -0.39 is 10.0 Å². The first kappa shape index (κ1) is 17.2. The molecule has 2 heterocycles. The van der Waals surface area contributed by atoms with Crippen LogP contribution in [0.5, 0.6) is 0 Å². The van der Waals surface area contributed by atoms with Crippen molar-refractivity contribution < 1.29 is 13.2 Å². The molecule has 2 aliphatic heterocycles. The van der Waals surface area contributed by atoms with Gasteiger partial charge in [-0.1, -0.05) is 36.4 Å². The summed E-state index contributed by atoms with van der Waals surface area (Å²) in [6.07, 6.45) is 3.84. The lowest BCUT2D eigenvalue weighted by molar-refractivity contribution is -0.131. The highest BCUT2D eigenvalue weighted by molar-refractivity contribution is 7.89. The van der Waals surface area contributed by atoms with Crippen LogP contribution in [0.3, 0.4) is 0 Å². The van der Waals surface area contributed by atoms with Gasteiger partial charge in [-0.3, -0.25) is 4.79 Å². The van der Waals surface area contributed by atoms with E-state index in [1.807, 2.05) is 41.3 Å². The second-order valence-electron chi connectivity index (χ2n) is 8.08. The van der Waals surface area contributed by atoms with Crippen LogP contribution in [0.25, 0.3) is 10.8 Å². The van der Waals surface area contributed by atoms with Crippen molar-refractivity contribution in [1.29, 1.82) is 0 Å². The Hall–Kier alpha value is -1.92. The fourth-order valence-electron chi connectivity index (χ4n) is 4.75. The minimum atomic E-state index is -3.60. The topological polar surface area (TPSA) is 57.7 Å². The van der Waals surface area contributed by atoms with Crippen LogP contribution in [0.2, 0.25) is 0 Å². The van der Waals surface area contributed by atoms with Crippen LogP contribution in [-0.4, -0.2) is 49.2 Å². The molecule has 27 heavy (non-hydrogen) atoms. The van der Waals surface area contributed by atoms with Gasteiger partial charge in [0.1, 0.15) is 0 Å². The minimum absolute atomic E-state index is 0.0922. The van der Waals surface area contributed by atoms with Crippen LogP contribution in [0.1, 0.15) is 25.7 Å². The van der Waals surface area contributed by atoms with Crippen molar-refractivity contribution in [2.75, 3.05) is 19.6 Å². The molecule has 2 saturated heterocycles. The lowest BCUT2D eigenvalue weighted by Crippen LogP contribution is -2.48. The number of hydrogen-bond donors (Lipinski definition) is 0. The molecule has 3 aliphatic rings. The zero-order valence-electron chi connectivity index (χ0n) is 15.3. The number of likely N-dealkylation sites (tertiary alicyclic amines) is 1. The Morgan fingerprint density at radius 2 is 1.74 bits per heavy atom. The molecule has 0 radical (unpaired) electrons. The second-order valence-corrected chi connectivity index (χ2v) is 9.94. The van der Waals surface area contributed by atoms with E-state index in [0.29, 0.717) is 24.5 Å². The van der Waals surface area contributed by atoms with E-state index in [0.717, 1.165) is 36.5 Å². The van der Waals surface area contributed by atoms with Crippen molar-refractivity contribution in [2.24, 2.45) is 11.8 Å². The van der Waals surface area contributed by atoms with Gasteiger partial charge in [-0.15, -0.1) is 0 Å². The number of fused-ring (bicyclic) bond motifs is 2. The number of carbonyl (C=O) groups is 1. The largest absolute Gasteiger partial charge is 0.340 e. The van der Waals surface area contributed by atoms with Gasteiger partial charge in [0.2, 0.25) is 15.9 Å². The summed E-state index contributed by atoms with van der Waals surface area (Å²) in [5.74, 6) is 0.673. The number of amides is 1. The van der Waals surface area contributed by atoms with E-state index in [4.69, 9.17) is 0 Å². The molecule has 0 unspecified atom stereocenters. The Labute approximate surface area is 160 Å². The summed E-state index contributed by atoms with van der Waals surface area (Å²) in [5.41, 5.74) is 0. The molecule has 2 aromatic carbocycles. The van der Waals surface area contributed by atoms with Gasteiger partial charge in [0.25, 0.3) is 0 Å². The van der Waals surface area contributed by atoms with Gasteiger partial charge in [-0.05, 0) is 43.1 Å². The highest BCUT2D eigenvalue weighted by Gasteiger charge is 2.47. The van der Waals surface area contributed by atoms with Gasteiger partial charge in [0, 0.05) is 37.0 Å². The third kappa shape index (κ3) is 2.86. The predicted molar refractivity (Wildman–Crippen MR) is 104 cm³/mol. The quantitative estimate of drug-likeness (QED) is 0.818. The summed E-state index contributed by atoms with van der Waals surface area (Å²) in [5, 5.41) is 1.70. The molecular formula is C21H24N2O3S. The Morgan fingerprint density at radius 1 is 0.963 bits per heavy atom. The maximum atomic E-state index is 13.6. The van der Waals surface area contributed by atoms with Crippen LogP contribution >= 0.6 is 0 Å². The van der Waals surface area contributed by atoms with Gasteiger partial charge < -0.3 is 4.90 Å². The number of nitrogens with zero attached hydrogens (tertiary/aromatic N) is 2. The monoisotopic (exact) mass is 384 g/mol. The van der Waals surface area contributed by atoms with E-state index in [-0.39, 0.29) is 23.8 Å². The molecule has 0 spiro atoms. The number of rotatable bonds is 3. The molecule has 142 valence electrons. The molecule has 5 nitrogen and oxygen atoms in total. The van der Waals surface area contributed by atoms with Crippen molar-refractivity contribution >= 4 is 26.7 Å².